The van der Waals surface area contributed by atoms with Gasteiger partial charge in [-0.2, -0.15) is 5.10 Å². The number of nitrogens with zero attached hydrogens (tertiary/aromatic N) is 2. The number of hydrogen-bond acceptors (Lipinski definition) is 3. The van der Waals surface area contributed by atoms with Crippen molar-refractivity contribution in [3.05, 3.63) is 41.6 Å². The molecule has 0 bridgehead atoms. The zero-order valence-corrected chi connectivity index (χ0v) is 11.7. The molecule has 0 fully saturated rings. The van der Waals surface area contributed by atoms with Gasteiger partial charge in [0.05, 0.1) is 12.8 Å². The molecule has 1 heterocycles. The molecule has 4 nitrogen and oxygen atoms in total. The third-order valence-electron chi connectivity index (χ3n) is 3.08. The monoisotopic (exact) mass is 258 g/mol. The minimum absolute atomic E-state index is 0.195. The number of esters is 1. The van der Waals surface area contributed by atoms with E-state index >= 15 is 0 Å². The maximum Gasteiger partial charge on any atom is 0.342 e. The minimum atomic E-state index is -0.344. The second-order valence-corrected chi connectivity index (χ2v) is 4.70. The van der Waals surface area contributed by atoms with Gasteiger partial charge in [0.2, 0.25) is 0 Å². The van der Waals surface area contributed by atoms with Crippen LogP contribution < -0.4 is 0 Å². The topological polar surface area (TPSA) is 44.1 Å². The van der Waals surface area contributed by atoms with Gasteiger partial charge in [-0.3, -0.25) is 4.68 Å². The first-order valence-corrected chi connectivity index (χ1v) is 6.29. The van der Waals surface area contributed by atoms with Crippen LogP contribution in [0.5, 0.6) is 0 Å². The lowest BCUT2D eigenvalue weighted by molar-refractivity contribution is 0.0600. The number of carbonyl (C=O) groups excluding carboxylic acids is 1. The summed E-state index contributed by atoms with van der Waals surface area (Å²) in [7, 11) is 1.39. The van der Waals surface area contributed by atoms with E-state index in [0.717, 1.165) is 11.3 Å². The largest absolute Gasteiger partial charge is 0.465 e. The number of methoxy groups -OCH3 is 1. The third kappa shape index (κ3) is 2.38. The minimum Gasteiger partial charge on any atom is -0.465 e. The van der Waals surface area contributed by atoms with E-state index < -0.39 is 0 Å². The van der Waals surface area contributed by atoms with Gasteiger partial charge in [0.15, 0.2) is 0 Å². The van der Waals surface area contributed by atoms with Crippen molar-refractivity contribution in [2.24, 2.45) is 0 Å². The summed E-state index contributed by atoms with van der Waals surface area (Å²) < 4.78 is 6.74. The van der Waals surface area contributed by atoms with Gasteiger partial charge in [-0.25, -0.2) is 4.79 Å². The SMILES string of the molecule is COC(=O)c1c(-c2ccccc2)nn(C(C)C)c1C. The highest BCUT2D eigenvalue weighted by atomic mass is 16.5. The summed E-state index contributed by atoms with van der Waals surface area (Å²) in [4.78, 5) is 12.0. The molecule has 2 rings (SSSR count). The number of rotatable bonds is 3. The fourth-order valence-electron chi connectivity index (χ4n) is 2.17. The standard InChI is InChI=1S/C15H18N2O2/c1-10(2)17-11(3)13(15(18)19-4)14(16-17)12-8-6-5-7-9-12/h5-10H,1-4H3. The van der Waals surface area contributed by atoms with Crippen LogP contribution in [0.1, 0.15) is 35.9 Å². The molecule has 0 N–H and O–H groups in total. The van der Waals surface area contributed by atoms with Gasteiger partial charge in [0.25, 0.3) is 0 Å². The lowest BCUT2D eigenvalue weighted by atomic mass is 10.1. The van der Waals surface area contributed by atoms with Crippen molar-refractivity contribution >= 4 is 5.97 Å². The summed E-state index contributed by atoms with van der Waals surface area (Å²) in [6, 6.07) is 9.88. The van der Waals surface area contributed by atoms with Gasteiger partial charge in [0.1, 0.15) is 11.3 Å². The lowest BCUT2D eigenvalue weighted by Crippen LogP contribution is -2.07. The molecule has 4 heteroatoms. The summed E-state index contributed by atoms with van der Waals surface area (Å²) in [6.07, 6.45) is 0. The first-order valence-electron chi connectivity index (χ1n) is 6.29. The van der Waals surface area contributed by atoms with Crippen molar-refractivity contribution in [1.29, 1.82) is 0 Å². The zero-order chi connectivity index (χ0) is 14.0. The van der Waals surface area contributed by atoms with E-state index in [-0.39, 0.29) is 12.0 Å². The highest BCUT2D eigenvalue weighted by Gasteiger charge is 2.23. The first-order chi connectivity index (χ1) is 9.06. The number of benzene rings is 1. The Bertz CT molecular complexity index is 586. The van der Waals surface area contributed by atoms with E-state index in [1.54, 1.807) is 0 Å². The molecule has 0 aliphatic heterocycles. The van der Waals surface area contributed by atoms with Crippen LogP contribution in [0, 0.1) is 6.92 Å². The summed E-state index contributed by atoms with van der Waals surface area (Å²) in [5, 5.41) is 4.56. The van der Waals surface area contributed by atoms with Gasteiger partial charge >= 0.3 is 5.97 Å². The first kappa shape index (κ1) is 13.3. The summed E-state index contributed by atoms with van der Waals surface area (Å²) in [5.41, 5.74) is 2.98. The normalized spacial score (nSPS) is 10.8. The summed E-state index contributed by atoms with van der Waals surface area (Å²) in [6.45, 7) is 5.97. The van der Waals surface area contributed by atoms with Crippen LogP contribution in [-0.2, 0) is 4.74 Å². The maximum atomic E-state index is 12.0. The van der Waals surface area contributed by atoms with Crippen LogP contribution in [0.4, 0.5) is 0 Å². The summed E-state index contributed by atoms with van der Waals surface area (Å²) >= 11 is 0. The molecule has 100 valence electrons. The molecule has 0 spiro atoms. The van der Waals surface area contributed by atoms with Crippen LogP contribution in [0.2, 0.25) is 0 Å². The van der Waals surface area contributed by atoms with Gasteiger partial charge < -0.3 is 4.74 Å². The quantitative estimate of drug-likeness (QED) is 0.794. The molecule has 2 aromatic rings. The van der Waals surface area contributed by atoms with E-state index in [2.05, 4.69) is 5.10 Å². The van der Waals surface area contributed by atoms with E-state index in [1.165, 1.54) is 7.11 Å². The number of hydrogen-bond donors (Lipinski definition) is 0. The zero-order valence-electron chi connectivity index (χ0n) is 11.7. The number of ether oxygens (including phenoxy) is 1. The molecule has 0 aliphatic rings. The Kier molecular flexibility index (Phi) is 3.69. The molecule has 0 atom stereocenters. The Morgan fingerprint density at radius 1 is 1.26 bits per heavy atom. The molecule has 0 unspecified atom stereocenters. The van der Waals surface area contributed by atoms with Crippen LogP contribution in [-0.4, -0.2) is 22.9 Å². The Balaban J connectivity index is 2.66. The Morgan fingerprint density at radius 3 is 2.42 bits per heavy atom. The van der Waals surface area contributed by atoms with E-state index in [9.17, 15) is 4.79 Å². The smallest absolute Gasteiger partial charge is 0.342 e. The average Bonchev–Trinajstić information content (AvgIpc) is 2.77. The van der Waals surface area contributed by atoms with Crippen LogP contribution in [0.3, 0.4) is 0 Å². The molecule has 0 amide bonds. The fourth-order valence-corrected chi connectivity index (χ4v) is 2.17. The van der Waals surface area contributed by atoms with E-state index in [0.29, 0.717) is 11.3 Å². The van der Waals surface area contributed by atoms with E-state index in [4.69, 9.17) is 4.74 Å². The second-order valence-electron chi connectivity index (χ2n) is 4.70. The lowest BCUT2D eigenvalue weighted by Gasteiger charge is -2.07. The molecule has 0 saturated carbocycles. The predicted octanol–water partition coefficient (Wildman–Crippen LogP) is 3.23. The van der Waals surface area contributed by atoms with Crippen molar-refractivity contribution in [1.82, 2.24) is 9.78 Å². The molecule has 1 aromatic carbocycles. The molecule has 0 radical (unpaired) electrons. The third-order valence-corrected chi connectivity index (χ3v) is 3.08. The van der Waals surface area contributed by atoms with Gasteiger partial charge in [0, 0.05) is 11.6 Å². The molecule has 1 aromatic heterocycles. The van der Waals surface area contributed by atoms with Crippen molar-refractivity contribution in [3.63, 3.8) is 0 Å². The van der Waals surface area contributed by atoms with E-state index in [1.807, 2.05) is 55.8 Å². The molecule has 0 aliphatic carbocycles. The predicted molar refractivity (Wildman–Crippen MR) is 74.1 cm³/mol. The Labute approximate surface area is 113 Å². The van der Waals surface area contributed by atoms with Crippen LogP contribution in [0.15, 0.2) is 30.3 Å². The van der Waals surface area contributed by atoms with Crippen molar-refractivity contribution in [2.45, 2.75) is 26.8 Å². The molecular weight excluding hydrogens is 240 g/mol. The van der Waals surface area contributed by atoms with Crippen LogP contribution in [0.25, 0.3) is 11.3 Å². The Morgan fingerprint density at radius 2 is 1.89 bits per heavy atom. The Hall–Kier alpha value is -2.10. The highest BCUT2D eigenvalue weighted by Crippen LogP contribution is 2.27. The van der Waals surface area contributed by atoms with Gasteiger partial charge in [-0.1, -0.05) is 30.3 Å². The summed E-state index contributed by atoms with van der Waals surface area (Å²) in [5.74, 6) is -0.344. The fraction of sp³-hybridized carbons (Fsp3) is 0.333. The van der Waals surface area contributed by atoms with Crippen LogP contribution >= 0.6 is 0 Å². The molecular formula is C15H18N2O2. The number of carbonyl (C=O) groups is 1. The van der Waals surface area contributed by atoms with Gasteiger partial charge in [-0.05, 0) is 20.8 Å². The van der Waals surface area contributed by atoms with Crippen molar-refractivity contribution in [2.75, 3.05) is 7.11 Å². The maximum absolute atomic E-state index is 12.0. The highest BCUT2D eigenvalue weighted by molar-refractivity contribution is 5.97. The second kappa shape index (κ2) is 5.26. The molecule has 0 saturated heterocycles. The molecule has 19 heavy (non-hydrogen) atoms. The van der Waals surface area contributed by atoms with Crippen molar-refractivity contribution in [3.8, 4) is 11.3 Å². The van der Waals surface area contributed by atoms with Crippen molar-refractivity contribution < 1.29 is 9.53 Å². The number of aromatic nitrogens is 2. The van der Waals surface area contributed by atoms with Gasteiger partial charge in [-0.15, -0.1) is 0 Å². The average molecular weight is 258 g/mol.